The van der Waals surface area contributed by atoms with Gasteiger partial charge in [-0.2, -0.15) is 0 Å². The molecule has 1 atom stereocenters. The molecule has 1 heterocycles. The average Bonchev–Trinajstić information content (AvgIpc) is 2.57. The van der Waals surface area contributed by atoms with Crippen LogP contribution in [0.2, 0.25) is 0 Å². The van der Waals surface area contributed by atoms with Crippen molar-refractivity contribution in [3.05, 3.63) is 29.3 Å². The van der Waals surface area contributed by atoms with Gasteiger partial charge in [0.05, 0.1) is 0 Å². The van der Waals surface area contributed by atoms with Crippen molar-refractivity contribution >= 4 is 5.69 Å². The lowest BCUT2D eigenvalue weighted by atomic mass is 10.0. The molecule has 16 heavy (non-hydrogen) atoms. The van der Waals surface area contributed by atoms with Crippen LogP contribution in [-0.2, 0) is 6.54 Å². The molecule has 2 heteroatoms. The van der Waals surface area contributed by atoms with Crippen LogP contribution in [0.25, 0.3) is 0 Å². The van der Waals surface area contributed by atoms with Gasteiger partial charge in [-0.1, -0.05) is 19.1 Å². The summed E-state index contributed by atoms with van der Waals surface area (Å²) in [4.78, 5) is 2.51. The minimum absolute atomic E-state index is 0.591. The molecule has 0 aliphatic carbocycles. The third-order valence-electron chi connectivity index (χ3n) is 3.41. The number of rotatable bonds is 3. The zero-order valence-electron chi connectivity index (χ0n) is 10.7. The third kappa shape index (κ3) is 1.94. The van der Waals surface area contributed by atoms with Crippen LogP contribution < -0.4 is 10.2 Å². The van der Waals surface area contributed by atoms with Crippen molar-refractivity contribution in [2.75, 3.05) is 18.5 Å². The number of hydrogen-bond acceptors (Lipinski definition) is 2. The van der Waals surface area contributed by atoms with Gasteiger partial charge >= 0.3 is 0 Å². The number of anilines is 1. The van der Waals surface area contributed by atoms with E-state index < -0.39 is 0 Å². The monoisotopic (exact) mass is 218 g/mol. The lowest BCUT2D eigenvalue weighted by Crippen LogP contribution is -2.29. The first-order chi connectivity index (χ1) is 7.63. The molecule has 1 aromatic carbocycles. The second kappa shape index (κ2) is 4.46. The van der Waals surface area contributed by atoms with E-state index in [2.05, 4.69) is 49.2 Å². The minimum Gasteiger partial charge on any atom is -0.368 e. The van der Waals surface area contributed by atoms with Gasteiger partial charge in [-0.05, 0) is 38.1 Å². The lowest BCUT2D eigenvalue weighted by molar-refractivity contribution is 0.670. The third-order valence-corrected chi connectivity index (χ3v) is 3.41. The van der Waals surface area contributed by atoms with E-state index in [1.54, 1.807) is 0 Å². The summed E-state index contributed by atoms with van der Waals surface area (Å²) in [6.45, 7) is 8.97. The molecule has 0 radical (unpaired) electrons. The van der Waals surface area contributed by atoms with Gasteiger partial charge in [0.25, 0.3) is 0 Å². The smallest absolute Gasteiger partial charge is 0.0407 e. The molecule has 1 unspecified atom stereocenters. The maximum absolute atomic E-state index is 3.21. The van der Waals surface area contributed by atoms with Gasteiger partial charge in [-0.25, -0.2) is 0 Å². The van der Waals surface area contributed by atoms with Crippen molar-refractivity contribution < 1.29 is 0 Å². The molecular weight excluding hydrogens is 196 g/mol. The fourth-order valence-corrected chi connectivity index (χ4v) is 2.55. The summed E-state index contributed by atoms with van der Waals surface area (Å²) < 4.78 is 0. The molecule has 1 N–H and O–H groups in total. The van der Waals surface area contributed by atoms with Crippen molar-refractivity contribution in [3.63, 3.8) is 0 Å². The fraction of sp³-hybridized carbons (Fsp3) is 0.571. The highest BCUT2D eigenvalue weighted by atomic mass is 15.2. The van der Waals surface area contributed by atoms with Gasteiger partial charge in [0.15, 0.2) is 0 Å². The molecule has 2 nitrogen and oxygen atoms in total. The quantitative estimate of drug-likeness (QED) is 0.839. The fourth-order valence-electron chi connectivity index (χ4n) is 2.55. The SMILES string of the molecule is CNCc1ccc2c(c1)N(C(C)C)CC2C. The molecule has 1 aliphatic rings. The Bertz CT molecular complexity index is 371. The van der Waals surface area contributed by atoms with E-state index in [4.69, 9.17) is 0 Å². The maximum Gasteiger partial charge on any atom is 0.0407 e. The van der Waals surface area contributed by atoms with Gasteiger partial charge in [0.2, 0.25) is 0 Å². The Kier molecular flexibility index (Phi) is 3.20. The van der Waals surface area contributed by atoms with Crippen LogP contribution in [0.15, 0.2) is 18.2 Å². The van der Waals surface area contributed by atoms with E-state index in [0.29, 0.717) is 12.0 Å². The van der Waals surface area contributed by atoms with Gasteiger partial charge in [0.1, 0.15) is 0 Å². The Hall–Kier alpha value is -1.02. The van der Waals surface area contributed by atoms with Crippen LogP contribution in [0, 0.1) is 0 Å². The summed E-state index contributed by atoms with van der Waals surface area (Å²) in [5, 5.41) is 3.21. The van der Waals surface area contributed by atoms with Crippen LogP contribution in [0.3, 0.4) is 0 Å². The molecule has 2 rings (SSSR count). The van der Waals surface area contributed by atoms with Crippen LogP contribution in [0.1, 0.15) is 37.8 Å². The lowest BCUT2D eigenvalue weighted by Gasteiger charge is -2.24. The topological polar surface area (TPSA) is 15.3 Å². The Morgan fingerprint density at radius 1 is 1.44 bits per heavy atom. The van der Waals surface area contributed by atoms with Crippen molar-refractivity contribution in [1.29, 1.82) is 0 Å². The highest BCUT2D eigenvalue weighted by molar-refractivity contribution is 5.62. The first-order valence-corrected chi connectivity index (χ1v) is 6.17. The van der Waals surface area contributed by atoms with E-state index in [9.17, 15) is 0 Å². The number of nitrogens with zero attached hydrogens (tertiary/aromatic N) is 1. The first-order valence-electron chi connectivity index (χ1n) is 6.17. The predicted molar refractivity (Wildman–Crippen MR) is 70.1 cm³/mol. The van der Waals surface area contributed by atoms with Gasteiger partial charge in [-0.15, -0.1) is 0 Å². The average molecular weight is 218 g/mol. The zero-order chi connectivity index (χ0) is 11.7. The summed E-state index contributed by atoms with van der Waals surface area (Å²) in [6.07, 6.45) is 0. The van der Waals surface area contributed by atoms with Crippen LogP contribution >= 0.6 is 0 Å². The van der Waals surface area contributed by atoms with E-state index in [0.717, 1.165) is 13.1 Å². The molecule has 0 saturated carbocycles. The zero-order valence-corrected chi connectivity index (χ0v) is 10.7. The molecule has 0 spiro atoms. The molecule has 1 aromatic rings. The molecule has 0 fully saturated rings. The molecule has 0 bridgehead atoms. The summed E-state index contributed by atoms with van der Waals surface area (Å²) in [5.41, 5.74) is 4.32. The molecule has 0 aromatic heterocycles. The molecule has 0 amide bonds. The van der Waals surface area contributed by atoms with Crippen molar-refractivity contribution in [2.45, 2.75) is 39.3 Å². The number of nitrogens with one attached hydrogen (secondary N) is 1. The molecule has 0 saturated heterocycles. The predicted octanol–water partition coefficient (Wildman–Crippen LogP) is 2.74. The Morgan fingerprint density at radius 3 is 2.81 bits per heavy atom. The second-order valence-corrected chi connectivity index (χ2v) is 5.07. The van der Waals surface area contributed by atoms with E-state index in [1.807, 2.05) is 7.05 Å². The van der Waals surface area contributed by atoms with Gasteiger partial charge < -0.3 is 10.2 Å². The van der Waals surface area contributed by atoms with Crippen molar-refractivity contribution in [1.82, 2.24) is 5.32 Å². The Morgan fingerprint density at radius 2 is 2.19 bits per heavy atom. The van der Waals surface area contributed by atoms with Crippen LogP contribution in [-0.4, -0.2) is 19.6 Å². The second-order valence-electron chi connectivity index (χ2n) is 5.07. The number of fused-ring (bicyclic) bond motifs is 1. The Balaban J connectivity index is 2.35. The van der Waals surface area contributed by atoms with E-state index in [1.165, 1.54) is 16.8 Å². The van der Waals surface area contributed by atoms with E-state index >= 15 is 0 Å². The van der Waals surface area contributed by atoms with Crippen LogP contribution in [0.4, 0.5) is 5.69 Å². The summed E-state index contributed by atoms with van der Waals surface area (Å²) >= 11 is 0. The highest BCUT2D eigenvalue weighted by Crippen LogP contribution is 2.37. The van der Waals surface area contributed by atoms with E-state index in [-0.39, 0.29) is 0 Å². The summed E-state index contributed by atoms with van der Waals surface area (Å²) in [6, 6.07) is 7.48. The molecular formula is C14H22N2. The summed E-state index contributed by atoms with van der Waals surface area (Å²) in [7, 11) is 2.00. The molecule has 88 valence electrons. The van der Waals surface area contributed by atoms with Crippen LogP contribution in [0.5, 0.6) is 0 Å². The standard InChI is InChI=1S/C14H22N2/c1-10(2)16-9-11(3)13-6-5-12(8-15-4)7-14(13)16/h5-7,10-11,15H,8-9H2,1-4H3. The molecule has 1 aliphatic heterocycles. The van der Waals surface area contributed by atoms with Crippen molar-refractivity contribution in [2.24, 2.45) is 0 Å². The first kappa shape index (κ1) is 11.5. The Labute approximate surface area is 98.7 Å². The van der Waals surface area contributed by atoms with Gasteiger partial charge in [-0.3, -0.25) is 0 Å². The normalized spacial score (nSPS) is 19.3. The number of hydrogen-bond donors (Lipinski definition) is 1. The minimum atomic E-state index is 0.591. The maximum atomic E-state index is 3.21. The van der Waals surface area contributed by atoms with Crippen molar-refractivity contribution in [3.8, 4) is 0 Å². The largest absolute Gasteiger partial charge is 0.368 e. The number of benzene rings is 1. The van der Waals surface area contributed by atoms with Gasteiger partial charge in [0, 0.05) is 30.7 Å². The summed E-state index contributed by atoms with van der Waals surface area (Å²) in [5.74, 6) is 0.668. The highest BCUT2D eigenvalue weighted by Gasteiger charge is 2.26.